The molecule has 158 valence electrons. The van der Waals surface area contributed by atoms with Crippen molar-refractivity contribution in [3.05, 3.63) is 42.2 Å². The molecule has 0 aliphatic heterocycles. The van der Waals surface area contributed by atoms with Crippen LogP contribution in [0, 0.1) is 0 Å². The Morgan fingerprint density at radius 1 is 1.14 bits per heavy atom. The van der Waals surface area contributed by atoms with Gasteiger partial charge < -0.3 is 14.8 Å². The molecule has 0 aliphatic rings. The van der Waals surface area contributed by atoms with Gasteiger partial charge in [0.1, 0.15) is 12.4 Å². The van der Waals surface area contributed by atoms with Crippen molar-refractivity contribution in [3.63, 3.8) is 0 Å². The summed E-state index contributed by atoms with van der Waals surface area (Å²) in [7, 11) is 0. The second kappa shape index (κ2) is 9.72. The third-order valence-corrected chi connectivity index (χ3v) is 5.52. The van der Waals surface area contributed by atoms with E-state index in [0.717, 1.165) is 23.9 Å². The highest BCUT2D eigenvalue weighted by Gasteiger charge is 2.26. The predicted molar refractivity (Wildman–Crippen MR) is 117 cm³/mol. The maximum atomic E-state index is 13.3. The van der Waals surface area contributed by atoms with Crippen LogP contribution in [0.5, 0.6) is 0 Å². The second-order valence-electron chi connectivity index (χ2n) is 7.84. The summed E-state index contributed by atoms with van der Waals surface area (Å²) in [5, 5.41) is 2.92. The number of nitrogens with zero attached hydrogens (tertiary/aromatic N) is 3. The van der Waals surface area contributed by atoms with Gasteiger partial charge in [-0.25, -0.2) is 4.98 Å². The molecule has 29 heavy (non-hydrogen) atoms. The molecule has 1 aromatic carbocycles. The lowest BCUT2D eigenvalue weighted by molar-refractivity contribution is -0.136. The lowest BCUT2D eigenvalue weighted by atomic mass is 10.1. The third kappa shape index (κ3) is 5.05. The van der Waals surface area contributed by atoms with Gasteiger partial charge in [0.2, 0.25) is 11.8 Å². The van der Waals surface area contributed by atoms with Crippen LogP contribution in [0.25, 0.3) is 11.0 Å². The summed E-state index contributed by atoms with van der Waals surface area (Å²) in [6.07, 6.45) is 1.80. The molecule has 0 aliphatic carbocycles. The Hall–Kier alpha value is -2.63. The van der Waals surface area contributed by atoms with Gasteiger partial charge in [-0.15, -0.1) is 0 Å². The topological polar surface area (TPSA) is 67.2 Å². The number of imidazole rings is 1. The van der Waals surface area contributed by atoms with Crippen LogP contribution in [-0.4, -0.2) is 38.3 Å². The van der Waals surface area contributed by atoms with E-state index in [-0.39, 0.29) is 36.5 Å². The molecule has 1 heterocycles. The predicted octanol–water partition coefficient (Wildman–Crippen LogP) is 4.22. The lowest BCUT2D eigenvalue weighted by Gasteiger charge is -2.34. The average molecular weight is 399 g/mol. The summed E-state index contributed by atoms with van der Waals surface area (Å²) in [6.45, 7) is 15.8. The number of nitrogens with one attached hydrogen (secondary N) is 1. The van der Waals surface area contributed by atoms with Gasteiger partial charge in [0, 0.05) is 17.7 Å². The van der Waals surface area contributed by atoms with E-state index in [0.29, 0.717) is 11.4 Å². The lowest BCUT2D eigenvalue weighted by Crippen LogP contribution is -2.46. The van der Waals surface area contributed by atoms with Gasteiger partial charge in [0.25, 0.3) is 0 Å². The number of fused-ring (bicyclic) bond motifs is 1. The Labute approximate surface area is 174 Å². The highest BCUT2D eigenvalue weighted by Crippen LogP contribution is 2.22. The molecule has 3 atom stereocenters. The van der Waals surface area contributed by atoms with Gasteiger partial charge in [-0.1, -0.05) is 32.6 Å². The number of hydrogen-bond donors (Lipinski definition) is 1. The fourth-order valence-corrected chi connectivity index (χ4v) is 3.51. The molecule has 6 nitrogen and oxygen atoms in total. The SMILES string of the molecule is C=C(C)C(=O)NC(C)c1nc2ccccc2n1CC(=O)N(C(C)CC)C(C)CC. The molecule has 0 fully saturated rings. The van der Waals surface area contributed by atoms with Crippen molar-refractivity contribution >= 4 is 22.8 Å². The zero-order valence-corrected chi connectivity index (χ0v) is 18.5. The molecule has 0 radical (unpaired) electrons. The van der Waals surface area contributed by atoms with Crippen LogP contribution in [0.15, 0.2) is 36.4 Å². The molecule has 6 heteroatoms. The van der Waals surface area contributed by atoms with Gasteiger partial charge in [0.15, 0.2) is 0 Å². The minimum Gasteiger partial charge on any atom is -0.343 e. The van der Waals surface area contributed by atoms with Crippen molar-refractivity contribution in [2.75, 3.05) is 0 Å². The molecule has 1 aromatic heterocycles. The summed E-state index contributed by atoms with van der Waals surface area (Å²) in [4.78, 5) is 32.2. The Balaban J connectivity index is 2.43. The first-order chi connectivity index (χ1) is 13.7. The second-order valence-corrected chi connectivity index (χ2v) is 7.84. The summed E-state index contributed by atoms with van der Waals surface area (Å²) in [6, 6.07) is 7.73. The maximum Gasteiger partial charge on any atom is 0.246 e. The number of amides is 2. The molecular formula is C23H34N4O2. The molecule has 0 spiro atoms. The van der Waals surface area contributed by atoms with Crippen LogP contribution in [0.1, 0.15) is 66.3 Å². The van der Waals surface area contributed by atoms with Gasteiger partial charge >= 0.3 is 0 Å². The van der Waals surface area contributed by atoms with Crippen molar-refractivity contribution in [2.45, 2.75) is 79.1 Å². The normalized spacial score (nSPS) is 14.3. The Morgan fingerprint density at radius 2 is 1.72 bits per heavy atom. The van der Waals surface area contributed by atoms with E-state index in [2.05, 4.69) is 39.6 Å². The van der Waals surface area contributed by atoms with Crippen molar-refractivity contribution in [3.8, 4) is 0 Å². The van der Waals surface area contributed by atoms with Crippen LogP contribution in [0.4, 0.5) is 0 Å². The molecule has 3 unspecified atom stereocenters. The zero-order chi connectivity index (χ0) is 21.7. The van der Waals surface area contributed by atoms with E-state index in [9.17, 15) is 9.59 Å². The summed E-state index contributed by atoms with van der Waals surface area (Å²) in [5.41, 5.74) is 2.14. The molecule has 1 N–H and O–H groups in total. The van der Waals surface area contributed by atoms with Crippen LogP contribution in [-0.2, 0) is 16.1 Å². The zero-order valence-electron chi connectivity index (χ0n) is 18.5. The highest BCUT2D eigenvalue weighted by molar-refractivity contribution is 5.92. The smallest absolute Gasteiger partial charge is 0.246 e. The minimum atomic E-state index is -0.347. The molecule has 0 bridgehead atoms. The Bertz CT molecular complexity index is 876. The van der Waals surface area contributed by atoms with Crippen LogP contribution in [0.3, 0.4) is 0 Å². The third-order valence-electron chi connectivity index (χ3n) is 5.52. The number of carbonyl (C=O) groups excluding carboxylic acids is 2. The van der Waals surface area contributed by atoms with Crippen molar-refractivity contribution in [1.29, 1.82) is 0 Å². The first kappa shape index (κ1) is 22.7. The van der Waals surface area contributed by atoms with Crippen molar-refractivity contribution in [2.24, 2.45) is 0 Å². The molecule has 0 saturated carbocycles. The molecule has 2 amide bonds. The Morgan fingerprint density at radius 3 is 2.28 bits per heavy atom. The summed E-state index contributed by atoms with van der Waals surface area (Å²) < 4.78 is 1.93. The van der Waals surface area contributed by atoms with Crippen LogP contribution in [0.2, 0.25) is 0 Å². The van der Waals surface area contributed by atoms with Crippen LogP contribution >= 0.6 is 0 Å². The number of hydrogen-bond acceptors (Lipinski definition) is 3. The average Bonchev–Trinajstić information content (AvgIpc) is 3.06. The standard InChI is InChI=1S/C23H34N4O2/c1-8-16(5)27(17(6)9-2)21(28)14-26-20-13-11-10-12-19(20)25-22(26)18(7)24-23(29)15(3)4/h10-13,16-18H,3,8-9,14H2,1-2,4-7H3,(H,24,29). The van der Waals surface area contributed by atoms with Gasteiger partial charge in [-0.2, -0.15) is 0 Å². The van der Waals surface area contributed by atoms with Crippen molar-refractivity contribution < 1.29 is 9.59 Å². The number of aromatic nitrogens is 2. The fourth-order valence-electron chi connectivity index (χ4n) is 3.51. The first-order valence-corrected chi connectivity index (χ1v) is 10.4. The summed E-state index contributed by atoms with van der Waals surface area (Å²) >= 11 is 0. The molecular weight excluding hydrogens is 364 g/mol. The van der Waals surface area contributed by atoms with Gasteiger partial charge in [0.05, 0.1) is 17.1 Å². The number of rotatable bonds is 9. The van der Waals surface area contributed by atoms with Gasteiger partial charge in [-0.3, -0.25) is 9.59 Å². The van der Waals surface area contributed by atoms with E-state index < -0.39 is 0 Å². The molecule has 2 aromatic rings. The van der Waals surface area contributed by atoms with E-state index >= 15 is 0 Å². The minimum absolute atomic E-state index is 0.0662. The monoisotopic (exact) mass is 398 g/mol. The van der Waals surface area contributed by atoms with Gasteiger partial charge in [-0.05, 0) is 52.7 Å². The number of carbonyl (C=O) groups is 2. The molecule has 2 rings (SSSR count). The number of para-hydroxylation sites is 2. The first-order valence-electron chi connectivity index (χ1n) is 10.4. The number of benzene rings is 1. The quantitative estimate of drug-likeness (QED) is 0.643. The maximum absolute atomic E-state index is 13.3. The van der Waals surface area contributed by atoms with E-state index in [1.54, 1.807) is 6.92 Å². The highest BCUT2D eigenvalue weighted by atomic mass is 16.2. The Kier molecular flexibility index (Phi) is 7.59. The van der Waals surface area contributed by atoms with Crippen LogP contribution < -0.4 is 5.32 Å². The molecule has 0 saturated heterocycles. The van der Waals surface area contributed by atoms with E-state index in [1.165, 1.54) is 0 Å². The summed E-state index contributed by atoms with van der Waals surface area (Å²) in [5.74, 6) is 0.516. The largest absolute Gasteiger partial charge is 0.343 e. The fraction of sp³-hybridized carbons (Fsp3) is 0.522. The van der Waals surface area contributed by atoms with E-state index in [1.807, 2.05) is 40.7 Å². The van der Waals surface area contributed by atoms with E-state index in [4.69, 9.17) is 4.98 Å². The van der Waals surface area contributed by atoms with Crippen molar-refractivity contribution in [1.82, 2.24) is 19.8 Å².